The predicted molar refractivity (Wildman–Crippen MR) is 99.9 cm³/mol. The molecule has 26 heavy (non-hydrogen) atoms. The first-order chi connectivity index (χ1) is 12.3. The summed E-state index contributed by atoms with van der Waals surface area (Å²) in [5.74, 6) is 0.0583. The first kappa shape index (κ1) is 19.2. The van der Waals surface area contributed by atoms with Gasteiger partial charge in [-0.2, -0.15) is 0 Å². The molecule has 1 fully saturated rings. The van der Waals surface area contributed by atoms with Gasteiger partial charge in [0.2, 0.25) is 0 Å². The monoisotopic (exact) mass is 361 g/mol. The van der Waals surface area contributed by atoms with E-state index in [4.69, 9.17) is 4.74 Å². The molecule has 2 aliphatic rings. The molecule has 2 atom stereocenters. The van der Waals surface area contributed by atoms with Crippen molar-refractivity contribution >= 4 is 6.09 Å². The third-order valence-electron chi connectivity index (χ3n) is 5.82. The predicted octanol–water partition coefficient (Wildman–Crippen LogP) is 3.39. The summed E-state index contributed by atoms with van der Waals surface area (Å²) in [6.07, 6.45) is 2.41. The van der Waals surface area contributed by atoms with Crippen LogP contribution in [0, 0.1) is 5.92 Å². The van der Waals surface area contributed by atoms with E-state index in [1.54, 1.807) is 4.90 Å². The van der Waals surface area contributed by atoms with E-state index in [2.05, 4.69) is 6.07 Å². The fourth-order valence-electron chi connectivity index (χ4n) is 4.56. The van der Waals surface area contributed by atoms with E-state index in [-0.39, 0.29) is 24.0 Å². The number of hydrogen-bond donors (Lipinski definition) is 2. The summed E-state index contributed by atoms with van der Waals surface area (Å²) in [6.45, 7) is 7.05. The number of carbonyl (C=O) groups excluding carboxylic acids is 1. The Labute approximate surface area is 156 Å². The minimum Gasteiger partial charge on any atom is -0.444 e. The Balaban J connectivity index is 1.80. The molecule has 1 saturated heterocycles. The lowest BCUT2D eigenvalue weighted by Crippen LogP contribution is -2.49. The van der Waals surface area contributed by atoms with Crippen LogP contribution in [0.25, 0.3) is 0 Å². The van der Waals surface area contributed by atoms with Gasteiger partial charge in [0, 0.05) is 19.7 Å². The van der Waals surface area contributed by atoms with Crippen molar-refractivity contribution in [2.24, 2.45) is 5.92 Å². The zero-order valence-corrected chi connectivity index (χ0v) is 16.1. The molecule has 0 bridgehead atoms. The first-order valence-electron chi connectivity index (χ1n) is 9.62. The van der Waals surface area contributed by atoms with Crippen LogP contribution < -0.4 is 0 Å². The fraction of sp³-hybridized carbons (Fsp3) is 0.667. The van der Waals surface area contributed by atoms with Crippen LogP contribution in [0.15, 0.2) is 24.3 Å². The second-order valence-corrected chi connectivity index (χ2v) is 8.76. The molecule has 2 unspecified atom stereocenters. The molecule has 144 valence electrons. The molecule has 1 heterocycles. The maximum atomic E-state index is 12.4. The molecule has 0 saturated carbocycles. The number of aliphatic hydroxyl groups excluding tert-OH is 2. The maximum Gasteiger partial charge on any atom is 0.410 e. The highest BCUT2D eigenvalue weighted by Gasteiger charge is 2.46. The topological polar surface area (TPSA) is 70.0 Å². The van der Waals surface area contributed by atoms with Crippen LogP contribution in [0.2, 0.25) is 0 Å². The van der Waals surface area contributed by atoms with E-state index in [1.807, 2.05) is 39.0 Å². The van der Waals surface area contributed by atoms with Gasteiger partial charge in [-0.3, -0.25) is 0 Å². The van der Waals surface area contributed by atoms with Crippen LogP contribution in [0.4, 0.5) is 4.79 Å². The highest BCUT2D eigenvalue weighted by molar-refractivity contribution is 5.68. The van der Waals surface area contributed by atoms with Crippen LogP contribution >= 0.6 is 0 Å². The van der Waals surface area contributed by atoms with Gasteiger partial charge in [-0.1, -0.05) is 24.3 Å². The normalized spacial score (nSPS) is 25.0. The standard InChI is InChI=1S/C21H31NO4/c1-20(2,3)26-19(25)22-11-9-21(10-12-22)14-15(8-13-23)18(24)16-6-4-5-7-17(16)21/h4-7,15,18,23-24H,8-14H2,1-3H3. The van der Waals surface area contributed by atoms with Crippen molar-refractivity contribution in [3.8, 4) is 0 Å². The van der Waals surface area contributed by atoms with Gasteiger partial charge in [0.05, 0.1) is 6.10 Å². The van der Waals surface area contributed by atoms with Gasteiger partial charge < -0.3 is 19.8 Å². The molecule has 1 aliphatic carbocycles. The number of fused-ring (bicyclic) bond motifs is 2. The Hall–Kier alpha value is -1.59. The summed E-state index contributed by atoms with van der Waals surface area (Å²) in [5.41, 5.74) is 1.68. The van der Waals surface area contributed by atoms with Crippen LogP contribution in [0.5, 0.6) is 0 Å². The Morgan fingerprint density at radius 2 is 1.92 bits per heavy atom. The summed E-state index contributed by atoms with van der Waals surface area (Å²) in [4.78, 5) is 14.2. The third-order valence-corrected chi connectivity index (χ3v) is 5.82. The van der Waals surface area contributed by atoms with Gasteiger partial charge in [-0.05, 0) is 68.9 Å². The van der Waals surface area contributed by atoms with Gasteiger partial charge in [0.25, 0.3) is 0 Å². The summed E-state index contributed by atoms with van der Waals surface area (Å²) < 4.78 is 5.51. The number of rotatable bonds is 2. The Bertz CT molecular complexity index is 644. The second-order valence-electron chi connectivity index (χ2n) is 8.76. The number of nitrogens with zero attached hydrogens (tertiary/aromatic N) is 1. The molecule has 2 N–H and O–H groups in total. The second kappa shape index (κ2) is 7.20. The number of hydrogen-bond acceptors (Lipinski definition) is 4. The van der Waals surface area contributed by atoms with Gasteiger partial charge in [-0.25, -0.2) is 4.79 Å². The van der Waals surface area contributed by atoms with E-state index < -0.39 is 11.7 Å². The highest BCUT2D eigenvalue weighted by atomic mass is 16.6. The Morgan fingerprint density at radius 1 is 1.27 bits per heavy atom. The van der Waals surface area contributed by atoms with Gasteiger partial charge in [0.1, 0.15) is 5.60 Å². The number of ether oxygens (including phenoxy) is 1. The zero-order valence-electron chi connectivity index (χ0n) is 16.1. The number of carbonyl (C=O) groups is 1. The SMILES string of the molecule is CC(C)(C)OC(=O)N1CCC2(CC1)CC(CCO)C(O)c1ccccc12. The molecule has 5 heteroatoms. The molecule has 1 aromatic rings. The Kier molecular flexibility index (Phi) is 5.31. The van der Waals surface area contributed by atoms with Crippen LogP contribution in [0.3, 0.4) is 0 Å². The highest BCUT2D eigenvalue weighted by Crippen LogP contribution is 2.51. The number of likely N-dealkylation sites (tertiary alicyclic amines) is 1. The van der Waals surface area contributed by atoms with Crippen LogP contribution in [-0.4, -0.2) is 46.5 Å². The average molecular weight is 361 g/mol. The lowest BCUT2D eigenvalue weighted by molar-refractivity contribution is 0.00532. The molecule has 1 aromatic carbocycles. The first-order valence-corrected chi connectivity index (χ1v) is 9.62. The smallest absolute Gasteiger partial charge is 0.410 e. The van der Waals surface area contributed by atoms with Crippen molar-refractivity contribution < 1.29 is 19.7 Å². The summed E-state index contributed by atoms with van der Waals surface area (Å²) in [5, 5.41) is 20.2. The van der Waals surface area contributed by atoms with Crippen molar-refractivity contribution in [1.82, 2.24) is 4.90 Å². The zero-order chi connectivity index (χ0) is 18.9. The van der Waals surface area contributed by atoms with Gasteiger partial charge in [-0.15, -0.1) is 0 Å². The summed E-state index contributed by atoms with van der Waals surface area (Å²) >= 11 is 0. The fourth-order valence-corrected chi connectivity index (χ4v) is 4.56. The summed E-state index contributed by atoms with van der Waals surface area (Å²) in [6, 6.07) is 8.12. The largest absolute Gasteiger partial charge is 0.444 e. The van der Waals surface area contributed by atoms with Crippen molar-refractivity contribution in [2.45, 2.75) is 63.6 Å². The molecule has 0 radical (unpaired) electrons. The lowest BCUT2D eigenvalue weighted by atomic mass is 9.60. The molecule has 3 rings (SSSR count). The van der Waals surface area contributed by atoms with Crippen molar-refractivity contribution in [3.05, 3.63) is 35.4 Å². The minimum atomic E-state index is -0.520. The number of piperidine rings is 1. The van der Waals surface area contributed by atoms with Gasteiger partial charge in [0.15, 0.2) is 0 Å². The van der Waals surface area contributed by atoms with Crippen LogP contribution in [-0.2, 0) is 10.2 Å². The molecule has 1 aliphatic heterocycles. The van der Waals surface area contributed by atoms with Crippen molar-refractivity contribution in [3.63, 3.8) is 0 Å². The van der Waals surface area contributed by atoms with E-state index in [0.29, 0.717) is 19.5 Å². The summed E-state index contributed by atoms with van der Waals surface area (Å²) in [7, 11) is 0. The lowest BCUT2D eigenvalue weighted by Gasteiger charge is -2.49. The minimum absolute atomic E-state index is 0.0336. The van der Waals surface area contributed by atoms with Crippen LogP contribution in [0.1, 0.15) is 63.7 Å². The average Bonchev–Trinajstić information content (AvgIpc) is 2.59. The Morgan fingerprint density at radius 3 is 2.54 bits per heavy atom. The molecular formula is C21H31NO4. The quantitative estimate of drug-likeness (QED) is 0.847. The number of amides is 1. The molecule has 5 nitrogen and oxygen atoms in total. The maximum absolute atomic E-state index is 12.4. The number of aliphatic hydroxyl groups is 2. The van der Waals surface area contributed by atoms with E-state index in [9.17, 15) is 15.0 Å². The molecule has 1 spiro atoms. The number of benzene rings is 1. The molecular weight excluding hydrogens is 330 g/mol. The van der Waals surface area contributed by atoms with Gasteiger partial charge >= 0.3 is 6.09 Å². The van der Waals surface area contributed by atoms with E-state index in [1.165, 1.54) is 5.56 Å². The third kappa shape index (κ3) is 3.74. The van der Waals surface area contributed by atoms with Crippen molar-refractivity contribution in [2.75, 3.05) is 19.7 Å². The van der Waals surface area contributed by atoms with Crippen molar-refractivity contribution in [1.29, 1.82) is 0 Å². The van der Waals surface area contributed by atoms with E-state index >= 15 is 0 Å². The molecule has 0 aromatic heterocycles. The molecule has 1 amide bonds. The van der Waals surface area contributed by atoms with E-state index in [0.717, 1.165) is 24.8 Å².